The lowest BCUT2D eigenvalue weighted by Gasteiger charge is -2.24. The Morgan fingerprint density at radius 3 is 2.58 bits per heavy atom. The fourth-order valence-electron chi connectivity index (χ4n) is 2.70. The molecule has 1 aliphatic rings. The average Bonchev–Trinajstić information content (AvgIpc) is 2.95. The number of aromatic nitrogens is 5. The summed E-state index contributed by atoms with van der Waals surface area (Å²) < 4.78 is 1.98. The predicted molar refractivity (Wildman–Crippen MR) is 71.8 cm³/mol. The first kappa shape index (κ1) is 12.1. The molecule has 3 rings (SSSR count). The fraction of sp³-hybridized carbons (Fsp3) is 0.538. The van der Waals surface area contributed by atoms with E-state index in [9.17, 15) is 0 Å². The van der Waals surface area contributed by atoms with Gasteiger partial charge in [-0.2, -0.15) is 0 Å². The highest BCUT2D eigenvalue weighted by Gasteiger charge is 2.31. The van der Waals surface area contributed by atoms with Gasteiger partial charge in [0.25, 0.3) is 0 Å². The van der Waals surface area contributed by atoms with E-state index in [2.05, 4.69) is 25.1 Å². The lowest BCUT2D eigenvalue weighted by molar-refractivity contribution is 0.618. The van der Waals surface area contributed by atoms with Crippen molar-refractivity contribution in [3.8, 4) is 0 Å². The Morgan fingerprint density at radius 1 is 1.21 bits per heavy atom. The number of nitrogens with zero attached hydrogens (tertiary/aromatic N) is 6. The van der Waals surface area contributed by atoms with Crippen LogP contribution in [0.25, 0.3) is 0 Å². The Morgan fingerprint density at radius 2 is 1.95 bits per heavy atom. The topological polar surface area (TPSA) is 59.7 Å². The second-order valence-corrected chi connectivity index (χ2v) is 5.10. The lowest BCUT2D eigenvalue weighted by Crippen LogP contribution is -2.27. The molecule has 6 nitrogen and oxygen atoms in total. The number of hydrogen-bond donors (Lipinski definition) is 0. The third-order valence-corrected chi connectivity index (χ3v) is 3.52. The van der Waals surface area contributed by atoms with E-state index in [0.717, 1.165) is 42.5 Å². The highest BCUT2D eigenvalue weighted by atomic mass is 15.3. The molecular weight excluding hydrogens is 240 g/mol. The summed E-state index contributed by atoms with van der Waals surface area (Å²) in [6.45, 7) is 4.98. The van der Waals surface area contributed by atoms with Crippen LogP contribution in [-0.4, -0.2) is 31.3 Å². The average molecular weight is 258 g/mol. The van der Waals surface area contributed by atoms with Gasteiger partial charge >= 0.3 is 0 Å². The second kappa shape index (κ2) is 4.60. The van der Waals surface area contributed by atoms with Crippen molar-refractivity contribution in [3.05, 3.63) is 29.6 Å². The van der Waals surface area contributed by atoms with E-state index in [-0.39, 0.29) is 6.04 Å². The molecular formula is C13H18N6. The minimum Gasteiger partial charge on any atom is -0.331 e. The summed E-state index contributed by atoms with van der Waals surface area (Å²) in [5.41, 5.74) is 2.01. The van der Waals surface area contributed by atoms with Gasteiger partial charge in [-0.3, -0.25) is 0 Å². The van der Waals surface area contributed by atoms with Gasteiger partial charge in [-0.25, -0.2) is 9.97 Å². The molecule has 1 fully saturated rings. The van der Waals surface area contributed by atoms with Crippen LogP contribution in [0.1, 0.15) is 36.1 Å². The van der Waals surface area contributed by atoms with E-state index < -0.39 is 0 Å². The fourth-order valence-corrected chi connectivity index (χ4v) is 2.70. The van der Waals surface area contributed by atoms with Crippen LogP contribution in [0.5, 0.6) is 0 Å². The number of hydrogen-bond acceptors (Lipinski definition) is 5. The number of rotatable bonds is 2. The smallest absolute Gasteiger partial charge is 0.226 e. The maximum Gasteiger partial charge on any atom is 0.226 e. The molecule has 0 unspecified atom stereocenters. The third kappa shape index (κ3) is 2.18. The summed E-state index contributed by atoms with van der Waals surface area (Å²) in [4.78, 5) is 11.4. The van der Waals surface area contributed by atoms with Crippen LogP contribution in [0.3, 0.4) is 0 Å². The predicted octanol–water partition coefficient (Wildman–Crippen LogP) is 1.56. The zero-order valence-electron chi connectivity index (χ0n) is 11.5. The van der Waals surface area contributed by atoms with Crippen LogP contribution in [0.2, 0.25) is 0 Å². The quantitative estimate of drug-likeness (QED) is 0.818. The summed E-state index contributed by atoms with van der Waals surface area (Å²) in [7, 11) is 1.98. The molecule has 0 aromatic carbocycles. The molecule has 2 aromatic rings. The normalized spacial score (nSPS) is 19.1. The second-order valence-electron chi connectivity index (χ2n) is 5.10. The van der Waals surface area contributed by atoms with Crippen molar-refractivity contribution in [1.29, 1.82) is 0 Å². The van der Waals surface area contributed by atoms with E-state index >= 15 is 0 Å². The largest absolute Gasteiger partial charge is 0.331 e. The molecule has 1 aliphatic heterocycles. The first-order valence-electron chi connectivity index (χ1n) is 6.58. The zero-order chi connectivity index (χ0) is 13.4. The summed E-state index contributed by atoms with van der Waals surface area (Å²) in [5.74, 6) is 1.79. The van der Waals surface area contributed by atoms with Crippen LogP contribution in [0, 0.1) is 13.8 Å². The minimum absolute atomic E-state index is 0.230. The molecule has 1 saturated heterocycles. The van der Waals surface area contributed by atoms with Gasteiger partial charge in [-0.15, -0.1) is 10.2 Å². The van der Waals surface area contributed by atoms with Gasteiger partial charge in [-0.05, 0) is 32.8 Å². The van der Waals surface area contributed by atoms with Crippen LogP contribution < -0.4 is 4.90 Å². The Kier molecular flexibility index (Phi) is 2.93. The summed E-state index contributed by atoms with van der Waals surface area (Å²) >= 11 is 0. The van der Waals surface area contributed by atoms with Crippen molar-refractivity contribution < 1.29 is 0 Å². The Bertz CT molecular complexity index is 570. The van der Waals surface area contributed by atoms with Crippen molar-refractivity contribution in [3.63, 3.8) is 0 Å². The van der Waals surface area contributed by atoms with Gasteiger partial charge in [0.15, 0.2) is 5.82 Å². The molecule has 1 atom stereocenters. The summed E-state index contributed by atoms with van der Waals surface area (Å²) in [5, 5.41) is 8.21. The van der Waals surface area contributed by atoms with Crippen LogP contribution in [0.15, 0.2) is 12.4 Å². The monoisotopic (exact) mass is 258 g/mol. The van der Waals surface area contributed by atoms with Crippen LogP contribution in [0.4, 0.5) is 5.95 Å². The van der Waals surface area contributed by atoms with Crippen LogP contribution >= 0.6 is 0 Å². The van der Waals surface area contributed by atoms with Gasteiger partial charge in [0.05, 0.1) is 6.04 Å². The van der Waals surface area contributed by atoms with Gasteiger partial charge in [0.1, 0.15) is 6.33 Å². The third-order valence-electron chi connectivity index (χ3n) is 3.52. The van der Waals surface area contributed by atoms with E-state index in [1.54, 1.807) is 6.33 Å². The molecule has 2 aromatic heterocycles. The lowest BCUT2D eigenvalue weighted by atomic mass is 10.2. The number of anilines is 1. The van der Waals surface area contributed by atoms with E-state index in [4.69, 9.17) is 0 Å². The van der Waals surface area contributed by atoms with Crippen molar-refractivity contribution >= 4 is 5.95 Å². The standard InChI is InChI=1S/C13H18N6/c1-9-7-10(2)16-13(15-9)19-6-4-5-11(19)12-17-14-8-18(12)3/h7-8,11H,4-6H2,1-3H3/t11-/m0/s1. The number of aryl methyl sites for hydroxylation is 3. The van der Waals surface area contributed by atoms with E-state index in [1.807, 2.05) is 31.5 Å². The van der Waals surface area contributed by atoms with Crippen molar-refractivity contribution in [2.24, 2.45) is 7.05 Å². The zero-order valence-corrected chi connectivity index (χ0v) is 11.5. The Labute approximate surface area is 112 Å². The van der Waals surface area contributed by atoms with E-state index in [0.29, 0.717) is 0 Å². The molecule has 3 heterocycles. The Balaban J connectivity index is 1.97. The summed E-state index contributed by atoms with van der Waals surface area (Å²) in [6, 6.07) is 2.23. The van der Waals surface area contributed by atoms with E-state index in [1.165, 1.54) is 0 Å². The van der Waals surface area contributed by atoms with Gasteiger partial charge in [0.2, 0.25) is 5.95 Å². The van der Waals surface area contributed by atoms with Crippen molar-refractivity contribution in [1.82, 2.24) is 24.7 Å². The maximum absolute atomic E-state index is 4.56. The molecule has 19 heavy (non-hydrogen) atoms. The Hall–Kier alpha value is -1.98. The highest BCUT2D eigenvalue weighted by Crippen LogP contribution is 2.33. The summed E-state index contributed by atoms with van der Waals surface area (Å²) in [6.07, 6.45) is 3.95. The molecule has 0 amide bonds. The maximum atomic E-state index is 4.56. The first-order chi connectivity index (χ1) is 9.15. The molecule has 0 radical (unpaired) electrons. The van der Waals surface area contributed by atoms with Gasteiger partial charge < -0.3 is 9.47 Å². The molecule has 0 saturated carbocycles. The minimum atomic E-state index is 0.230. The SMILES string of the molecule is Cc1cc(C)nc(N2CCC[C@H]2c2nncn2C)n1. The molecule has 0 spiro atoms. The molecule has 6 heteroatoms. The molecule has 100 valence electrons. The van der Waals surface area contributed by atoms with Gasteiger partial charge in [-0.1, -0.05) is 0 Å². The van der Waals surface area contributed by atoms with Crippen LogP contribution in [-0.2, 0) is 7.05 Å². The molecule has 0 N–H and O–H groups in total. The molecule has 0 aliphatic carbocycles. The molecule has 0 bridgehead atoms. The van der Waals surface area contributed by atoms with Crippen molar-refractivity contribution in [2.75, 3.05) is 11.4 Å². The highest BCUT2D eigenvalue weighted by molar-refractivity contribution is 5.36. The van der Waals surface area contributed by atoms with Gasteiger partial charge in [0, 0.05) is 25.0 Å². The first-order valence-corrected chi connectivity index (χ1v) is 6.58. The van der Waals surface area contributed by atoms with Crippen molar-refractivity contribution in [2.45, 2.75) is 32.7 Å².